The smallest absolute Gasteiger partial charge is 0.0447 e. The standard InChI is InChI=1S/C14H22N2/c1-11(13-8-3-4-9-16-13)14(15-2)10-12-6-5-7-12/h3-4,8-9,11-12,14-15H,5-7,10H2,1-2H3. The quantitative estimate of drug-likeness (QED) is 0.822. The molecule has 2 nitrogen and oxygen atoms in total. The number of nitrogens with zero attached hydrogens (tertiary/aromatic N) is 1. The number of aromatic nitrogens is 1. The Morgan fingerprint density at radius 2 is 2.25 bits per heavy atom. The Kier molecular flexibility index (Phi) is 3.94. The van der Waals surface area contributed by atoms with E-state index in [-0.39, 0.29) is 0 Å². The van der Waals surface area contributed by atoms with Gasteiger partial charge in [-0.3, -0.25) is 4.98 Å². The molecule has 1 aromatic rings. The third kappa shape index (κ3) is 2.62. The highest BCUT2D eigenvalue weighted by molar-refractivity contribution is 5.11. The monoisotopic (exact) mass is 218 g/mol. The summed E-state index contributed by atoms with van der Waals surface area (Å²) in [7, 11) is 2.07. The van der Waals surface area contributed by atoms with Crippen LogP contribution in [0.1, 0.15) is 44.2 Å². The van der Waals surface area contributed by atoms with Gasteiger partial charge < -0.3 is 5.32 Å². The van der Waals surface area contributed by atoms with Gasteiger partial charge in [0.05, 0.1) is 0 Å². The minimum atomic E-state index is 0.506. The van der Waals surface area contributed by atoms with Crippen molar-refractivity contribution in [3.8, 4) is 0 Å². The van der Waals surface area contributed by atoms with Gasteiger partial charge in [-0.1, -0.05) is 32.3 Å². The van der Waals surface area contributed by atoms with Crippen LogP contribution < -0.4 is 5.32 Å². The second-order valence-corrected chi connectivity index (χ2v) is 4.97. The minimum Gasteiger partial charge on any atom is -0.316 e. The SMILES string of the molecule is CNC(CC1CCC1)C(C)c1ccccn1. The molecule has 88 valence electrons. The van der Waals surface area contributed by atoms with E-state index in [4.69, 9.17) is 0 Å². The zero-order valence-electron chi connectivity index (χ0n) is 10.3. The number of hydrogen-bond acceptors (Lipinski definition) is 2. The van der Waals surface area contributed by atoms with Crippen molar-refractivity contribution >= 4 is 0 Å². The van der Waals surface area contributed by atoms with Crippen LogP contribution in [0.5, 0.6) is 0 Å². The highest BCUT2D eigenvalue weighted by atomic mass is 14.9. The van der Waals surface area contributed by atoms with Crippen LogP contribution in [0, 0.1) is 5.92 Å². The van der Waals surface area contributed by atoms with Gasteiger partial charge in [0.25, 0.3) is 0 Å². The van der Waals surface area contributed by atoms with Gasteiger partial charge in [0.15, 0.2) is 0 Å². The van der Waals surface area contributed by atoms with Gasteiger partial charge in [0.1, 0.15) is 0 Å². The maximum absolute atomic E-state index is 4.46. The average molecular weight is 218 g/mol. The molecule has 1 aliphatic carbocycles. The second-order valence-electron chi connectivity index (χ2n) is 4.97. The van der Waals surface area contributed by atoms with E-state index in [0.717, 1.165) is 5.92 Å². The summed E-state index contributed by atoms with van der Waals surface area (Å²) in [4.78, 5) is 4.46. The molecule has 2 rings (SSSR count). The number of rotatable bonds is 5. The molecule has 0 amide bonds. The van der Waals surface area contributed by atoms with Crippen molar-refractivity contribution in [3.63, 3.8) is 0 Å². The van der Waals surface area contributed by atoms with Crippen LogP contribution in [0.4, 0.5) is 0 Å². The summed E-state index contributed by atoms with van der Waals surface area (Å²) in [5.41, 5.74) is 1.21. The molecule has 0 radical (unpaired) electrons. The van der Waals surface area contributed by atoms with Gasteiger partial charge in [-0.05, 0) is 31.5 Å². The van der Waals surface area contributed by atoms with Crippen LogP contribution in [-0.2, 0) is 0 Å². The Morgan fingerprint density at radius 3 is 2.75 bits per heavy atom. The van der Waals surface area contributed by atoms with E-state index in [0.29, 0.717) is 12.0 Å². The lowest BCUT2D eigenvalue weighted by Crippen LogP contribution is -2.34. The van der Waals surface area contributed by atoms with E-state index in [1.807, 2.05) is 12.3 Å². The van der Waals surface area contributed by atoms with E-state index < -0.39 is 0 Å². The van der Waals surface area contributed by atoms with Crippen molar-refractivity contribution < 1.29 is 0 Å². The lowest BCUT2D eigenvalue weighted by molar-refractivity contribution is 0.251. The zero-order valence-corrected chi connectivity index (χ0v) is 10.3. The molecule has 0 aromatic carbocycles. The van der Waals surface area contributed by atoms with Gasteiger partial charge >= 0.3 is 0 Å². The fraction of sp³-hybridized carbons (Fsp3) is 0.643. The van der Waals surface area contributed by atoms with Gasteiger partial charge in [-0.2, -0.15) is 0 Å². The Morgan fingerprint density at radius 1 is 1.44 bits per heavy atom. The Balaban J connectivity index is 1.97. The van der Waals surface area contributed by atoms with E-state index in [1.54, 1.807) is 0 Å². The third-order valence-corrected chi connectivity index (χ3v) is 3.94. The van der Waals surface area contributed by atoms with Gasteiger partial charge in [0, 0.05) is 23.9 Å². The fourth-order valence-corrected chi connectivity index (χ4v) is 2.51. The normalized spacial score (nSPS) is 20.1. The van der Waals surface area contributed by atoms with Crippen LogP contribution in [0.25, 0.3) is 0 Å². The van der Waals surface area contributed by atoms with Crippen LogP contribution >= 0.6 is 0 Å². The van der Waals surface area contributed by atoms with Crippen LogP contribution in [0.15, 0.2) is 24.4 Å². The summed E-state index contributed by atoms with van der Waals surface area (Å²) >= 11 is 0. The predicted octanol–water partition coefficient (Wildman–Crippen LogP) is 2.96. The largest absolute Gasteiger partial charge is 0.316 e. The maximum Gasteiger partial charge on any atom is 0.0447 e. The number of nitrogens with one attached hydrogen (secondary N) is 1. The molecule has 2 heteroatoms. The van der Waals surface area contributed by atoms with Crippen LogP contribution in [-0.4, -0.2) is 18.1 Å². The first kappa shape index (κ1) is 11.6. The molecule has 0 aliphatic heterocycles. The number of pyridine rings is 1. The molecule has 0 spiro atoms. The fourth-order valence-electron chi connectivity index (χ4n) is 2.51. The molecule has 1 saturated carbocycles. The van der Waals surface area contributed by atoms with Gasteiger partial charge in [-0.25, -0.2) is 0 Å². The molecule has 1 aliphatic rings. The Bertz CT molecular complexity index is 306. The summed E-state index contributed by atoms with van der Waals surface area (Å²) in [5.74, 6) is 1.45. The maximum atomic E-state index is 4.46. The lowest BCUT2D eigenvalue weighted by Gasteiger charge is -2.32. The summed E-state index contributed by atoms with van der Waals surface area (Å²) in [6.07, 6.45) is 7.47. The molecule has 0 saturated heterocycles. The van der Waals surface area contributed by atoms with Gasteiger partial charge in [-0.15, -0.1) is 0 Å². The van der Waals surface area contributed by atoms with Crippen molar-refractivity contribution in [2.75, 3.05) is 7.05 Å². The summed E-state index contributed by atoms with van der Waals surface area (Å²) in [5, 5.41) is 3.46. The molecular formula is C14H22N2. The molecule has 0 bridgehead atoms. The van der Waals surface area contributed by atoms with Crippen molar-refractivity contribution in [2.45, 2.75) is 44.6 Å². The molecule has 2 atom stereocenters. The van der Waals surface area contributed by atoms with E-state index in [2.05, 4.69) is 36.4 Å². The van der Waals surface area contributed by atoms with Crippen molar-refractivity contribution in [2.24, 2.45) is 5.92 Å². The molecule has 1 N–H and O–H groups in total. The van der Waals surface area contributed by atoms with E-state index in [1.165, 1.54) is 31.4 Å². The molecule has 2 unspecified atom stereocenters. The molecule has 1 fully saturated rings. The Labute approximate surface area is 98.5 Å². The van der Waals surface area contributed by atoms with Gasteiger partial charge in [0.2, 0.25) is 0 Å². The second kappa shape index (κ2) is 5.44. The molecule has 16 heavy (non-hydrogen) atoms. The number of hydrogen-bond donors (Lipinski definition) is 1. The third-order valence-electron chi connectivity index (χ3n) is 3.94. The first-order valence-corrected chi connectivity index (χ1v) is 6.39. The highest BCUT2D eigenvalue weighted by Gasteiger charge is 2.25. The van der Waals surface area contributed by atoms with Crippen LogP contribution in [0.2, 0.25) is 0 Å². The summed E-state index contributed by atoms with van der Waals surface area (Å²) < 4.78 is 0. The highest BCUT2D eigenvalue weighted by Crippen LogP contribution is 2.33. The average Bonchev–Trinajstić information content (AvgIpc) is 2.28. The first-order valence-electron chi connectivity index (χ1n) is 6.39. The van der Waals surface area contributed by atoms with Crippen molar-refractivity contribution in [1.29, 1.82) is 0 Å². The number of likely N-dealkylation sites (N-methyl/N-ethyl adjacent to an activating group) is 1. The lowest BCUT2D eigenvalue weighted by atomic mass is 9.78. The molecular weight excluding hydrogens is 196 g/mol. The summed E-state index contributed by atoms with van der Waals surface area (Å²) in [6.45, 7) is 2.28. The molecule has 1 heterocycles. The topological polar surface area (TPSA) is 24.9 Å². The summed E-state index contributed by atoms with van der Waals surface area (Å²) in [6, 6.07) is 6.77. The zero-order chi connectivity index (χ0) is 11.4. The Hall–Kier alpha value is -0.890. The van der Waals surface area contributed by atoms with Crippen molar-refractivity contribution in [3.05, 3.63) is 30.1 Å². The van der Waals surface area contributed by atoms with E-state index >= 15 is 0 Å². The van der Waals surface area contributed by atoms with Crippen molar-refractivity contribution in [1.82, 2.24) is 10.3 Å². The molecule has 1 aromatic heterocycles. The van der Waals surface area contributed by atoms with Crippen LogP contribution in [0.3, 0.4) is 0 Å². The predicted molar refractivity (Wildman–Crippen MR) is 67.5 cm³/mol. The minimum absolute atomic E-state index is 0.506. The first-order chi connectivity index (χ1) is 7.81. The van der Waals surface area contributed by atoms with E-state index in [9.17, 15) is 0 Å².